The first-order chi connectivity index (χ1) is 27.8. The molecule has 6 rings (SSSR count). The topological polar surface area (TPSA) is 382 Å². The SMILES string of the molecule is COc1cc(-c2ccc(N/N=C3\C(=O)c4c(N)cc(S(=O)(=O)[O-])cc4C=C3S(=O)(=O)[O-])c(OC)c2)ccc1N/N=C1\C(=O)c2c(N)cc(S(=O)(=O)[O-])cc2C=C1S(=O)(=O)[O-].[Na+].[Na+].[Na+].[Na+]. The number of nitrogens with one attached hydrogen (secondary N) is 2. The van der Waals surface area contributed by atoms with Crippen LogP contribution in [0.1, 0.15) is 31.8 Å². The van der Waals surface area contributed by atoms with E-state index < -0.39 is 117 Å². The van der Waals surface area contributed by atoms with Crippen molar-refractivity contribution in [1.29, 1.82) is 0 Å². The van der Waals surface area contributed by atoms with Crippen molar-refractivity contribution in [2.75, 3.05) is 36.5 Å². The van der Waals surface area contributed by atoms with Crippen LogP contribution in [-0.4, -0.2) is 89.1 Å². The molecule has 0 heterocycles. The van der Waals surface area contributed by atoms with E-state index in [1.165, 1.54) is 50.6 Å². The molecule has 0 unspecified atom stereocenters. The quantitative estimate of drug-likeness (QED) is 0.0469. The molecule has 0 saturated heterocycles. The minimum absolute atomic E-state index is 0. The number of rotatable bonds is 11. The average Bonchev–Trinajstić information content (AvgIpc) is 3.14. The number of carbonyl (C=O) groups is 2. The number of hydrogen-bond donors (Lipinski definition) is 4. The fourth-order valence-corrected chi connectivity index (χ4v) is 8.37. The summed E-state index contributed by atoms with van der Waals surface area (Å²) in [7, 11) is -18.5. The number of methoxy groups -OCH3 is 2. The van der Waals surface area contributed by atoms with E-state index in [0.29, 0.717) is 47.5 Å². The maximum Gasteiger partial charge on any atom is 1.00 e. The van der Waals surface area contributed by atoms with Crippen LogP contribution in [-0.2, 0) is 40.5 Å². The van der Waals surface area contributed by atoms with Gasteiger partial charge in [0.25, 0.3) is 0 Å². The van der Waals surface area contributed by atoms with E-state index in [2.05, 4.69) is 21.1 Å². The summed E-state index contributed by atoms with van der Waals surface area (Å²) in [5.74, 6) is -2.25. The van der Waals surface area contributed by atoms with E-state index in [4.69, 9.17) is 20.9 Å². The summed E-state index contributed by atoms with van der Waals surface area (Å²) in [5.41, 5.74) is 13.1. The first-order valence-electron chi connectivity index (χ1n) is 16.1. The van der Waals surface area contributed by atoms with Crippen LogP contribution in [0.25, 0.3) is 23.3 Å². The van der Waals surface area contributed by atoms with Gasteiger partial charge in [-0.3, -0.25) is 20.4 Å². The number of nitrogens with zero attached hydrogens (tertiary/aromatic N) is 2. The summed E-state index contributed by atoms with van der Waals surface area (Å²) >= 11 is 0. The number of allylic oxidation sites excluding steroid dienone is 2. The van der Waals surface area contributed by atoms with Crippen LogP contribution in [0.3, 0.4) is 0 Å². The van der Waals surface area contributed by atoms with Gasteiger partial charge in [-0.25, -0.2) is 33.7 Å². The van der Waals surface area contributed by atoms with Crippen LogP contribution < -0.4 is 150 Å². The summed E-state index contributed by atoms with van der Waals surface area (Å²) in [5, 5.41) is 7.69. The Morgan fingerprint density at radius 2 is 0.844 bits per heavy atom. The summed E-state index contributed by atoms with van der Waals surface area (Å²) in [6.07, 6.45) is 1.32. The Morgan fingerprint density at radius 1 is 0.516 bits per heavy atom. The van der Waals surface area contributed by atoms with Crippen LogP contribution in [0.4, 0.5) is 22.7 Å². The predicted molar refractivity (Wildman–Crippen MR) is 209 cm³/mol. The monoisotopic (exact) mass is 992 g/mol. The molecule has 4 aromatic rings. The van der Waals surface area contributed by atoms with Crippen LogP contribution >= 0.6 is 0 Å². The van der Waals surface area contributed by atoms with Gasteiger partial charge in [-0.15, -0.1) is 0 Å². The molecule has 64 heavy (non-hydrogen) atoms. The van der Waals surface area contributed by atoms with Gasteiger partial charge in [-0.1, -0.05) is 12.1 Å². The minimum atomic E-state index is -5.43. The maximum atomic E-state index is 13.4. The van der Waals surface area contributed by atoms with Crippen molar-refractivity contribution in [2.45, 2.75) is 9.79 Å². The fraction of sp³-hybridized carbons (Fsp3) is 0.0588. The standard InChI is InChI=1S/C34H28N6O16S4.4Na/c1-55-25-9-15(3-5-23(25)37-39-31-27(59(49,50)51)11-17-7-19(57(43,44)45)13-21(35)29(17)33(31)41)16-4-6-24(26(10-16)56-2)38-40-32-28(60(52,53)54)12-18-8-20(58(46,47)48)14-22(36)30(18)34(32)42;;;;/h3-14,37-38H,35-36H2,1-2H3,(H,43,44,45)(H,46,47,48)(H,49,50,51)(H,52,53,54);;;;/q;4*+1/p-4/b39-31-,40-32-;;;;. The molecule has 0 bridgehead atoms. The van der Waals surface area contributed by atoms with Crippen molar-refractivity contribution in [1.82, 2.24) is 0 Å². The van der Waals surface area contributed by atoms with Gasteiger partial charge in [0, 0.05) is 11.4 Å². The largest absolute Gasteiger partial charge is 1.00 e. The first-order valence-corrected chi connectivity index (χ1v) is 21.7. The molecule has 0 saturated carbocycles. The van der Waals surface area contributed by atoms with Crippen molar-refractivity contribution < 1.29 is 189 Å². The van der Waals surface area contributed by atoms with E-state index in [-0.39, 0.29) is 141 Å². The van der Waals surface area contributed by atoms with E-state index in [1.54, 1.807) is 0 Å². The Labute approximate surface area is 453 Å². The third kappa shape index (κ3) is 12.1. The molecule has 0 fully saturated rings. The molecular formula is C34H24N6Na4O16S4. The summed E-state index contributed by atoms with van der Waals surface area (Å²) < 4.78 is 153. The molecule has 4 aromatic carbocycles. The van der Waals surface area contributed by atoms with E-state index >= 15 is 0 Å². The fourth-order valence-electron chi connectivity index (χ4n) is 5.99. The van der Waals surface area contributed by atoms with Crippen molar-refractivity contribution in [3.8, 4) is 22.6 Å². The number of Topliss-reactive ketones (excluding diaryl/α,β-unsaturated/α-hetero) is 2. The Balaban J connectivity index is 0.00000352. The number of anilines is 4. The van der Waals surface area contributed by atoms with Gasteiger partial charge in [0.1, 0.15) is 63.4 Å². The number of benzene rings is 4. The second-order valence-corrected chi connectivity index (χ2v) is 17.9. The average molecular weight is 993 g/mol. The smallest absolute Gasteiger partial charge is 0.744 e. The number of hydrazone groups is 2. The predicted octanol–water partition coefficient (Wildman–Crippen LogP) is -10.5. The van der Waals surface area contributed by atoms with E-state index in [1.807, 2.05) is 0 Å². The molecule has 0 aliphatic heterocycles. The molecule has 0 spiro atoms. The number of hydrogen-bond acceptors (Lipinski definition) is 22. The van der Waals surface area contributed by atoms with Crippen molar-refractivity contribution in [3.05, 3.63) is 92.7 Å². The Morgan fingerprint density at radius 3 is 1.12 bits per heavy atom. The molecule has 6 N–H and O–H groups in total. The molecule has 22 nitrogen and oxygen atoms in total. The minimum Gasteiger partial charge on any atom is -0.744 e. The van der Waals surface area contributed by atoms with Gasteiger partial charge in [0.05, 0.1) is 56.3 Å². The number of ether oxygens (including phenoxy) is 2. The molecule has 2 aliphatic carbocycles. The number of ketones is 2. The second-order valence-electron chi connectivity index (χ2n) is 12.4. The van der Waals surface area contributed by atoms with E-state index in [9.17, 15) is 61.5 Å². The van der Waals surface area contributed by atoms with Crippen LogP contribution in [0.2, 0.25) is 0 Å². The van der Waals surface area contributed by atoms with Gasteiger partial charge in [-0.2, -0.15) is 10.2 Å². The van der Waals surface area contributed by atoms with Gasteiger partial charge in [0.15, 0.2) is 0 Å². The van der Waals surface area contributed by atoms with Gasteiger partial charge < -0.3 is 39.2 Å². The first kappa shape index (κ1) is 57.6. The van der Waals surface area contributed by atoms with Gasteiger partial charge in [0.2, 0.25) is 11.6 Å². The number of fused-ring (bicyclic) bond motifs is 2. The number of nitrogen functional groups attached to an aromatic ring is 2. The molecular weight excluding hydrogens is 969 g/mol. The molecule has 0 aromatic heterocycles. The Hall–Kier alpha value is -2.52. The normalized spacial score (nSPS) is 14.8. The van der Waals surface area contributed by atoms with Crippen molar-refractivity contribution in [3.63, 3.8) is 0 Å². The zero-order valence-corrected chi connectivity index (χ0v) is 45.4. The number of carbonyl (C=O) groups excluding carboxylic acids is 2. The van der Waals surface area contributed by atoms with Crippen molar-refractivity contribution in [2.24, 2.45) is 10.2 Å². The maximum absolute atomic E-state index is 13.4. The molecule has 2 aliphatic rings. The molecule has 314 valence electrons. The molecule has 0 radical (unpaired) electrons. The zero-order chi connectivity index (χ0) is 44.3. The summed E-state index contributed by atoms with van der Waals surface area (Å²) in [4.78, 5) is 22.8. The third-order valence-corrected chi connectivity index (χ3v) is 12.0. The van der Waals surface area contributed by atoms with Crippen LogP contribution in [0.5, 0.6) is 11.5 Å². The second kappa shape index (κ2) is 21.6. The zero-order valence-electron chi connectivity index (χ0n) is 34.1. The Bertz CT molecular complexity index is 2990. The molecule has 30 heteroatoms. The van der Waals surface area contributed by atoms with Crippen LogP contribution in [0, 0.1) is 0 Å². The Kier molecular flexibility index (Phi) is 19.5. The van der Waals surface area contributed by atoms with Gasteiger partial charge in [-0.05, 0) is 82.9 Å². The summed E-state index contributed by atoms with van der Waals surface area (Å²) in [6.45, 7) is 0. The van der Waals surface area contributed by atoms with E-state index in [0.717, 1.165) is 0 Å². The van der Waals surface area contributed by atoms with Crippen molar-refractivity contribution >= 4 is 98.4 Å². The van der Waals surface area contributed by atoms with Crippen LogP contribution in [0.15, 0.2) is 90.5 Å². The molecule has 0 amide bonds. The van der Waals surface area contributed by atoms with Gasteiger partial charge >= 0.3 is 118 Å². The third-order valence-electron chi connectivity index (χ3n) is 8.70. The summed E-state index contributed by atoms with van der Waals surface area (Å²) in [6, 6.07) is 11.5. The number of nitrogens with two attached hydrogens (primary N) is 2. The molecule has 0 atom stereocenters.